The van der Waals surface area contributed by atoms with Crippen molar-refractivity contribution in [1.82, 2.24) is 10.2 Å². The highest BCUT2D eigenvalue weighted by Gasteiger charge is 2.42. The fourth-order valence-electron chi connectivity index (χ4n) is 3.51. The minimum Gasteiger partial charge on any atom is -0.315 e. The van der Waals surface area contributed by atoms with E-state index < -0.39 is 0 Å². The fraction of sp³-hybridized carbons (Fsp3) is 0.867. The van der Waals surface area contributed by atoms with Crippen LogP contribution >= 0.6 is 0 Å². The molecule has 1 N–H and O–H groups in total. The van der Waals surface area contributed by atoms with Gasteiger partial charge in [0.1, 0.15) is 0 Å². The summed E-state index contributed by atoms with van der Waals surface area (Å²) in [5.41, 5.74) is 1.59. The second kappa shape index (κ2) is 6.01. The minimum atomic E-state index is 0.311. The summed E-state index contributed by atoms with van der Waals surface area (Å²) in [6.45, 7) is 8.62. The maximum absolute atomic E-state index is 4.09. The van der Waals surface area contributed by atoms with Crippen LogP contribution in [-0.2, 0) is 0 Å². The second-order valence-electron chi connectivity index (χ2n) is 6.20. The van der Waals surface area contributed by atoms with E-state index in [2.05, 4.69) is 51.8 Å². The molecule has 2 nitrogen and oxygen atoms in total. The van der Waals surface area contributed by atoms with Gasteiger partial charge in [-0.2, -0.15) is 0 Å². The third-order valence-corrected chi connectivity index (χ3v) is 4.45. The summed E-state index contributed by atoms with van der Waals surface area (Å²) in [4.78, 5) is 2.45. The van der Waals surface area contributed by atoms with Gasteiger partial charge in [0.25, 0.3) is 0 Å². The Balaban J connectivity index is 2.91. The SMILES string of the molecule is C=C(C)CC(NC)C1(N(C)C)CCCC(C)C1. The molecule has 1 aliphatic rings. The molecule has 17 heavy (non-hydrogen) atoms. The summed E-state index contributed by atoms with van der Waals surface area (Å²) in [5.74, 6) is 0.840. The van der Waals surface area contributed by atoms with Crippen LogP contribution in [0.1, 0.15) is 46.0 Å². The molecule has 3 atom stereocenters. The molecule has 2 heteroatoms. The molecular formula is C15H30N2. The molecule has 0 saturated heterocycles. The Morgan fingerprint density at radius 3 is 2.59 bits per heavy atom. The zero-order chi connectivity index (χ0) is 13.1. The summed E-state index contributed by atoms with van der Waals surface area (Å²) in [6.07, 6.45) is 6.44. The van der Waals surface area contributed by atoms with Crippen LogP contribution in [0.5, 0.6) is 0 Å². The molecule has 1 fully saturated rings. The summed E-state index contributed by atoms with van der Waals surface area (Å²) in [6, 6.07) is 0.526. The highest BCUT2D eigenvalue weighted by molar-refractivity contribution is 5.06. The Morgan fingerprint density at radius 2 is 2.18 bits per heavy atom. The molecule has 0 heterocycles. The Bertz CT molecular complexity index is 260. The molecule has 0 radical (unpaired) electrons. The van der Waals surface area contributed by atoms with Crippen LogP contribution in [0.15, 0.2) is 12.2 Å². The summed E-state index contributed by atoms with van der Waals surface area (Å²) in [7, 11) is 6.57. The molecule has 100 valence electrons. The molecule has 0 aromatic carbocycles. The normalized spacial score (nSPS) is 31.5. The Hall–Kier alpha value is -0.340. The van der Waals surface area contributed by atoms with E-state index in [9.17, 15) is 0 Å². The van der Waals surface area contributed by atoms with Crippen LogP contribution in [0.3, 0.4) is 0 Å². The van der Waals surface area contributed by atoms with Crippen molar-refractivity contribution in [2.75, 3.05) is 21.1 Å². The van der Waals surface area contributed by atoms with E-state index in [-0.39, 0.29) is 0 Å². The maximum atomic E-state index is 4.09. The van der Waals surface area contributed by atoms with Gasteiger partial charge in [0.15, 0.2) is 0 Å². The lowest BCUT2D eigenvalue weighted by Gasteiger charge is -2.50. The van der Waals surface area contributed by atoms with Gasteiger partial charge < -0.3 is 10.2 Å². The smallest absolute Gasteiger partial charge is 0.0361 e. The largest absolute Gasteiger partial charge is 0.315 e. The first kappa shape index (κ1) is 14.7. The first-order valence-corrected chi connectivity index (χ1v) is 6.91. The van der Waals surface area contributed by atoms with Gasteiger partial charge in [-0.15, -0.1) is 6.58 Å². The van der Waals surface area contributed by atoms with Crippen LogP contribution in [0.4, 0.5) is 0 Å². The molecule has 0 aliphatic heterocycles. The molecular weight excluding hydrogens is 208 g/mol. The Morgan fingerprint density at radius 1 is 1.53 bits per heavy atom. The lowest BCUT2D eigenvalue weighted by Crippen LogP contribution is -2.60. The quantitative estimate of drug-likeness (QED) is 0.741. The van der Waals surface area contributed by atoms with E-state index in [1.807, 2.05) is 0 Å². The highest BCUT2D eigenvalue weighted by Crippen LogP contribution is 2.39. The van der Waals surface area contributed by atoms with Crippen LogP contribution in [0.25, 0.3) is 0 Å². The molecule has 1 saturated carbocycles. The van der Waals surface area contributed by atoms with Crippen molar-refractivity contribution in [2.45, 2.75) is 57.5 Å². The number of nitrogens with one attached hydrogen (secondary N) is 1. The zero-order valence-corrected chi connectivity index (χ0v) is 12.3. The van der Waals surface area contributed by atoms with Crippen LogP contribution in [0.2, 0.25) is 0 Å². The van der Waals surface area contributed by atoms with E-state index in [1.165, 1.54) is 31.3 Å². The first-order chi connectivity index (χ1) is 7.92. The van der Waals surface area contributed by atoms with Gasteiger partial charge in [0.2, 0.25) is 0 Å². The minimum absolute atomic E-state index is 0.311. The molecule has 1 rings (SSSR count). The molecule has 1 aliphatic carbocycles. The maximum Gasteiger partial charge on any atom is 0.0361 e. The predicted molar refractivity (Wildman–Crippen MR) is 76.3 cm³/mol. The van der Waals surface area contributed by atoms with Gasteiger partial charge in [-0.1, -0.05) is 25.3 Å². The molecule has 0 aromatic heterocycles. The fourth-order valence-corrected chi connectivity index (χ4v) is 3.51. The van der Waals surface area contributed by atoms with Crippen molar-refractivity contribution < 1.29 is 0 Å². The van der Waals surface area contributed by atoms with Crippen molar-refractivity contribution in [3.8, 4) is 0 Å². The Labute approximate surface area is 107 Å². The first-order valence-electron chi connectivity index (χ1n) is 6.91. The Kier molecular flexibility index (Phi) is 5.21. The summed E-state index contributed by atoms with van der Waals surface area (Å²) in [5, 5.41) is 3.54. The predicted octanol–water partition coefficient (Wildman–Crippen LogP) is 3.05. The zero-order valence-electron chi connectivity index (χ0n) is 12.3. The number of hydrogen-bond donors (Lipinski definition) is 1. The second-order valence-corrected chi connectivity index (χ2v) is 6.20. The lowest BCUT2D eigenvalue weighted by molar-refractivity contribution is 0.0399. The van der Waals surface area contributed by atoms with Crippen molar-refractivity contribution >= 4 is 0 Å². The van der Waals surface area contributed by atoms with Crippen molar-refractivity contribution in [1.29, 1.82) is 0 Å². The highest BCUT2D eigenvalue weighted by atomic mass is 15.2. The van der Waals surface area contributed by atoms with Crippen LogP contribution < -0.4 is 5.32 Å². The van der Waals surface area contributed by atoms with Crippen LogP contribution in [0, 0.1) is 5.92 Å². The average molecular weight is 238 g/mol. The molecule has 0 spiro atoms. The molecule has 0 aromatic rings. The van der Waals surface area contributed by atoms with Gasteiger partial charge in [0.05, 0.1) is 0 Å². The molecule has 3 unspecified atom stereocenters. The van der Waals surface area contributed by atoms with Gasteiger partial charge in [-0.05, 0) is 53.2 Å². The average Bonchev–Trinajstić information content (AvgIpc) is 2.25. The summed E-state index contributed by atoms with van der Waals surface area (Å²) >= 11 is 0. The van der Waals surface area contributed by atoms with E-state index in [0.717, 1.165) is 12.3 Å². The topological polar surface area (TPSA) is 15.3 Å². The number of likely N-dealkylation sites (N-methyl/N-ethyl adjacent to an activating group) is 2. The summed E-state index contributed by atoms with van der Waals surface area (Å²) < 4.78 is 0. The van der Waals surface area contributed by atoms with E-state index in [0.29, 0.717) is 11.6 Å². The van der Waals surface area contributed by atoms with Gasteiger partial charge in [-0.3, -0.25) is 0 Å². The van der Waals surface area contributed by atoms with Gasteiger partial charge >= 0.3 is 0 Å². The molecule has 0 bridgehead atoms. The standard InChI is InChI=1S/C15H30N2/c1-12(2)10-14(16-4)15(17(5)6)9-7-8-13(3)11-15/h13-14,16H,1,7-11H2,2-6H3. The van der Waals surface area contributed by atoms with Gasteiger partial charge in [-0.25, -0.2) is 0 Å². The van der Waals surface area contributed by atoms with E-state index >= 15 is 0 Å². The van der Waals surface area contributed by atoms with E-state index in [1.54, 1.807) is 0 Å². The van der Waals surface area contributed by atoms with Crippen molar-refractivity contribution in [3.05, 3.63) is 12.2 Å². The number of nitrogens with zero attached hydrogens (tertiary/aromatic N) is 1. The molecule has 0 amide bonds. The van der Waals surface area contributed by atoms with Crippen molar-refractivity contribution in [3.63, 3.8) is 0 Å². The third kappa shape index (κ3) is 3.32. The number of hydrogen-bond acceptors (Lipinski definition) is 2. The monoisotopic (exact) mass is 238 g/mol. The lowest BCUT2D eigenvalue weighted by atomic mass is 9.70. The van der Waals surface area contributed by atoms with Crippen LogP contribution in [-0.4, -0.2) is 37.6 Å². The third-order valence-electron chi connectivity index (χ3n) is 4.45. The van der Waals surface area contributed by atoms with Gasteiger partial charge in [0, 0.05) is 11.6 Å². The number of rotatable bonds is 5. The van der Waals surface area contributed by atoms with Crippen molar-refractivity contribution in [2.24, 2.45) is 5.92 Å². The van der Waals surface area contributed by atoms with E-state index in [4.69, 9.17) is 0 Å².